The van der Waals surface area contributed by atoms with Crippen molar-refractivity contribution in [3.05, 3.63) is 82.9 Å². The Morgan fingerprint density at radius 3 is 1.34 bits per heavy atom. The largest absolute Gasteiger partial charge is 0.354 e. The van der Waals surface area contributed by atoms with Crippen LogP contribution in [0.4, 0.5) is 22.7 Å². The van der Waals surface area contributed by atoms with Crippen molar-refractivity contribution >= 4 is 46.5 Å². The highest BCUT2D eigenvalue weighted by Gasteiger charge is 2.17. The van der Waals surface area contributed by atoms with Gasteiger partial charge >= 0.3 is 0 Å². The maximum atomic E-state index is 13.0. The van der Waals surface area contributed by atoms with E-state index in [1.807, 2.05) is 62.4 Å². The summed E-state index contributed by atoms with van der Waals surface area (Å²) in [6.07, 6.45) is 0. The van der Waals surface area contributed by atoms with Crippen molar-refractivity contribution in [2.45, 2.75) is 13.8 Å². The number of amides is 2. The summed E-state index contributed by atoms with van der Waals surface area (Å²) in [5.41, 5.74) is 5.57. The Morgan fingerprint density at radius 2 is 1.00 bits per heavy atom. The Hall–Kier alpha value is -4.86. The Kier molecular flexibility index (Phi) is 7.21. The lowest BCUT2D eigenvalue weighted by Gasteiger charge is -2.14. The standard InChI is InChI=1S/C28H30N8O2/c1-17-15-24(26(38)34-20-5-9-22(10-6-20)36-28-31-13-14-32-28)18(2)16-23(17)25(37)33-19-3-7-21(8-4-19)35-27-29-11-12-30-27/h3-10,15-16H,11-14H2,1-2H3,(H,33,37)(H,34,38)(H2,29,30,35)(H2,31,32,36). The zero-order valence-electron chi connectivity index (χ0n) is 21.3. The van der Waals surface area contributed by atoms with Gasteiger partial charge in [-0.15, -0.1) is 0 Å². The number of aryl methyl sites for hydroxylation is 2. The van der Waals surface area contributed by atoms with Gasteiger partial charge < -0.3 is 31.9 Å². The van der Waals surface area contributed by atoms with E-state index in [1.54, 1.807) is 12.1 Å². The van der Waals surface area contributed by atoms with Gasteiger partial charge in [-0.3, -0.25) is 19.6 Å². The maximum Gasteiger partial charge on any atom is 0.255 e. The molecule has 0 aromatic heterocycles. The van der Waals surface area contributed by atoms with Crippen molar-refractivity contribution < 1.29 is 9.59 Å². The summed E-state index contributed by atoms with van der Waals surface area (Å²) in [7, 11) is 0. The molecular formula is C28H30N8O2. The second kappa shape index (κ2) is 11.0. The van der Waals surface area contributed by atoms with E-state index in [0.29, 0.717) is 33.6 Å². The lowest BCUT2D eigenvalue weighted by molar-refractivity contribution is 0.101. The van der Waals surface area contributed by atoms with Gasteiger partial charge in [0.05, 0.1) is 13.1 Å². The number of carbonyl (C=O) groups excluding carboxylic acids is 2. The molecule has 0 aliphatic carbocycles. The lowest BCUT2D eigenvalue weighted by atomic mass is 9.98. The molecule has 6 N–H and O–H groups in total. The topological polar surface area (TPSA) is 131 Å². The van der Waals surface area contributed by atoms with Crippen molar-refractivity contribution in [2.75, 3.05) is 47.4 Å². The quantitative estimate of drug-likeness (QED) is 0.301. The van der Waals surface area contributed by atoms with E-state index < -0.39 is 0 Å². The van der Waals surface area contributed by atoms with E-state index >= 15 is 0 Å². The fourth-order valence-electron chi connectivity index (χ4n) is 4.21. The van der Waals surface area contributed by atoms with E-state index in [0.717, 1.165) is 49.5 Å². The third-order valence-electron chi connectivity index (χ3n) is 6.22. The molecule has 0 bridgehead atoms. The first-order chi connectivity index (χ1) is 18.4. The van der Waals surface area contributed by atoms with E-state index in [2.05, 4.69) is 41.9 Å². The highest BCUT2D eigenvalue weighted by Crippen LogP contribution is 2.21. The fraction of sp³-hybridized carbons (Fsp3) is 0.214. The predicted octanol–water partition coefficient (Wildman–Crippen LogP) is 3.55. The molecule has 3 aromatic carbocycles. The van der Waals surface area contributed by atoms with Crippen molar-refractivity contribution in [2.24, 2.45) is 9.98 Å². The fourth-order valence-corrected chi connectivity index (χ4v) is 4.21. The predicted molar refractivity (Wildman–Crippen MR) is 153 cm³/mol. The number of hydrogen-bond acceptors (Lipinski definition) is 8. The van der Waals surface area contributed by atoms with Gasteiger partial charge in [0, 0.05) is 47.0 Å². The highest BCUT2D eigenvalue weighted by atomic mass is 16.2. The summed E-state index contributed by atoms with van der Waals surface area (Å²) >= 11 is 0. The smallest absolute Gasteiger partial charge is 0.255 e. The molecule has 0 fully saturated rings. The number of benzene rings is 3. The number of guanidine groups is 2. The zero-order chi connectivity index (χ0) is 26.5. The first-order valence-electron chi connectivity index (χ1n) is 12.5. The maximum absolute atomic E-state index is 13.0. The molecule has 5 rings (SSSR count). The number of hydrogen-bond donors (Lipinski definition) is 6. The molecule has 10 nitrogen and oxygen atoms in total. The number of rotatable bonds is 6. The van der Waals surface area contributed by atoms with Crippen LogP contribution in [0, 0.1) is 13.8 Å². The van der Waals surface area contributed by atoms with Crippen LogP contribution in [0.1, 0.15) is 31.8 Å². The molecule has 3 aromatic rings. The molecule has 0 saturated carbocycles. The summed E-state index contributed by atoms with van der Waals surface area (Å²) in [5.74, 6) is 1.03. The molecule has 0 spiro atoms. The summed E-state index contributed by atoms with van der Waals surface area (Å²) in [6.45, 7) is 6.83. The molecule has 2 amide bonds. The zero-order valence-corrected chi connectivity index (χ0v) is 21.3. The Labute approximate surface area is 221 Å². The molecule has 2 aliphatic rings. The molecule has 38 heavy (non-hydrogen) atoms. The second-order valence-electron chi connectivity index (χ2n) is 9.11. The van der Waals surface area contributed by atoms with Crippen LogP contribution in [-0.2, 0) is 0 Å². The second-order valence-corrected chi connectivity index (χ2v) is 9.11. The van der Waals surface area contributed by atoms with Crippen LogP contribution in [-0.4, -0.2) is 49.9 Å². The molecule has 10 heteroatoms. The summed E-state index contributed by atoms with van der Waals surface area (Å²) in [4.78, 5) is 34.6. The summed E-state index contributed by atoms with van der Waals surface area (Å²) < 4.78 is 0. The van der Waals surface area contributed by atoms with E-state index in [-0.39, 0.29) is 11.8 Å². The third-order valence-corrected chi connectivity index (χ3v) is 6.22. The minimum Gasteiger partial charge on any atom is -0.354 e. The van der Waals surface area contributed by atoms with Crippen molar-refractivity contribution in [1.29, 1.82) is 0 Å². The molecule has 0 atom stereocenters. The average Bonchev–Trinajstić information content (AvgIpc) is 3.62. The molecule has 0 radical (unpaired) electrons. The monoisotopic (exact) mass is 510 g/mol. The van der Waals surface area contributed by atoms with Crippen molar-refractivity contribution in [3.63, 3.8) is 0 Å². The van der Waals surface area contributed by atoms with Gasteiger partial charge in [-0.05, 0) is 85.6 Å². The van der Waals surface area contributed by atoms with Crippen LogP contribution in [0.25, 0.3) is 0 Å². The van der Waals surface area contributed by atoms with Gasteiger partial charge in [0.25, 0.3) is 11.8 Å². The van der Waals surface area contributed by atoms with Crippen LogP contribution in [0.2, 0.25) is 0 Å². The summed E-state index contributed by atoms with van der Waals surface area (Å²) in [5, 5.41) is 18.6. The molecule has 2 aliphatic heterocycles. The Balaban J connectivity index is 1.21. The van der Waals surface area contributed by atoms with Crippen molar-refractivity contribution in [3.8, 4) is 0 Å². The minimum absolute atomic E-state index is 0.232. The number of anilines is 4. The number of nitrogens with zero attached hydrogens (tertiary/aromatic N) is 2. The molecule has 194 valence electrons. The lowest BCUT2D eigenvalue weighted by Crippen LogP contribution is -2.26. The SMILES string of the molecule is Cc1cc(C(=O)Nc2ccc(NC3=NCCN3)cc2)c(C)cc1C(=O)Nc1ccc(NC2=NCCN2)cc1. The number of nitrogens with one attached hydrogen (secondary N) is 6. The van der Waals surface area contributed by atoms with Gasteiger partial charge in [0.1, 0.15) is 0 Å². The Bertz CT molecular complexity index is 1300. The Morgan fingerprint density at radius 1 is 0.632 bits per heavy atom. The third kappa shape index (κ3) is 5.92. The van der Waals surface area contributed by atoms with Crippen LogP contribution in [0.5, 0.6) is 0 Å². The van der Waals surface area contributed by atoms with Gasteiger partial charge in [-0.25, -0.2) is 0 Å². The molecule has 2 heterocycles. The van der Waals surface area contributed by atoms with E-state index in [1.165, 1.54) is 0 Å². The summed E-state index contributed by atoms with van der Waals surface area (Å²) in [6, 6.07) is 18.4. The average molecular weight is 511 g/mol. The van der Waals surface area contributed by atoms with Gasteiger partial charge in [0.2, 0.25) is 0 Å². The van der Waals surface area contributed by atoms with E-state index in [4.69, 9.17) is 0 Å². The van der Waals surface area contributed by atoms with Gasteiger partial charge in [0.15, 0.2) is 11.9 Å². The van der Waals surface area contributed by atoms with Crippen LogP contribution in [0.15, 0.2) is 70.6 Å². The first kappa shape index (κ1) is 24.8. The minimum atomic E-state index is -0.232. The highest BCUT2D eigenvalue weighted by molar-refractivity contribution is 6.09. The van der Waals surface area contributed by atoms with Crippen LogP contribution < -0.4 is 31.9 Å². The first-order valence-corrected chi connectivity index (χ1v) is 12.5. The number of carbonyl (C=O) groups is 2. The molecule has 0 saturated heterocycles. The molecule has 0 unspecified atom stereocenters. The molecular weight excluding hydrogens is 480 g/mol. The van der Waals surface area contributed by atoms with Gasteiger partial charge in [-0.2, -0.15) is 0 Å². The normalized spacial score (nSPS) is 14.1. The number of aliphatic imine (C=N–C) groups is 2. The van der Waals surface area contributed by atoms with Crippen molar-refractivity contribution in [1.82, 2.24) is 10.6 Å². The van der Waals surface area contributed by atoms with Crippen LogP contribution in [0.3, 0.4) is 0 Å². The van der Waals surface area contributed by atoms with E-state index in [9.17, 15) is 9.59 Å². The van der Waals surface area contributed by atoms with Gasteiger partial charge in [-0.1, -0.05) is 0 Å². The van der Waals surface area contributed by atoms with Crippen LogP contribution >= 0.6 is 0 Å².